The second-order valence-electron chi connectivity index (χ2n) is 8.06. The van der Waals surface area contributed by atoms with E-state index in [1.54, 1.807) is 36.0 Å². The Bertz CT molecular complexity index is 1370. The lowest BCUT2D eigenvalue weighted by Gasteiger charge is -2.10. The van der Waals surface area contributed by atoms with Gasteiger partial charge >= 0.3 is 6.18 Å². The molecule has 192 valence electrons. The standard InChI is InChI=1S/C24H24F3N9O/c1-16(32-23(28-2)18-6-4-17(5-7-18)10-11-36-15-30-33-34-36)20-13-31-35(3)21(20)14-37-22-9-8-19(12-29-22)24(25,26)27/h4-9,12-13,15H,10-11,14H2,1-3H3. The first-order valence-electron chi connectivity index (χ1n) is 11.2. The molecule has 13 heteroatoms. The third-order valence-electron chi connectivity index (χ3n) is 5.59. The van der Waals surface area contributed by atoms with Gasteiger partial charge in [-0.25, -0.2) is 14.7 Å². The maximum atomic E-state index is 12.8. The number of tetrazole rings is 1. The molecule has 1 aromatic carbocycles. The van der Waals surface area contributed by atoms with E-state index in [1.165, 1.54) is 6.07 Å². The van der Waals surface area contributed by atoms with Crippen molar-refractivity contribution in [2.75, 3.05) is 7.05 Å². The van der Waals surface area contributed by atoms with E-state index in [2.05, 4.69) is 30.6 Å². The van der Waals surface area contributed by atoms with Crippen molar-refractivity contribution in [3.05, 3.63) is 83.1 Å². The zero-order valence-corrected chi connectivity index (χ0v) is 20.4. The van der Waals surface area contributed by atoms with E-state index in [0.29, 0.717) is 23.8 Å². The van der Waals surface area contributed by atoms with Gasteiger partial charge in [-0.3, -0.25) is 9.67 Å². The van der Waals surface area contributed by atoms with E-state index in [0.717, 1.165) is 35.4 Å². The van der Waals surface area contributed by atoms with Crippen molar-refractivity contribution in [2.45, 2.75) is 32.7 Å². The van der Waals surface area contributed by atoms with Crippen LogP contribution in [0.25, 0.3) is 0 Å². The summed E-state index contributed by atoms with van der Waals surface area (Å²) in [5.41, 5.74) is 3.22. The molecule has 0 aliphatic carbocycles. The van der Waals surface area contributed by atoms with Crippen molar-refractivity contribution in [2.24, 2.45) is 17.0 Å². The third-order valence-corrected chi connectivity index (χ3v) is 5.59. The van der Waals surface area contributed by atoms with Crippen LogP contribution >= 0.6 is 0 Å². The second kappa shape index (κ2) is 11.1. The van der Waals surface area contributed by atoms with Gasteiger partial charge in [0.25, 0.3) is 0 Å². The van der Waals surface area contributed by atoms with Gasteiger partial charge in [0.15, 0.2) is 5.84 Å². The molecule has 3 heterocycles. The molecule has 0 unspecified atom stereocenters. The first-order valence-corrected chi connectivity index (χ1v) is 11.2. The number of hydrogen-bond acceptors (Lipinski definition) is 7. The van der Waals surface area contributed by atoms with Gasteiger partial charge in [0, 0.05) is 44.0 Å². The number of aliphatic imine (C=N–C) groups is 2. The van der Waals surface area contributed by atoms with Crippen LogP contribution in [-0.2, 0) is 32.8 Å². The number of halogens is 3. The largest absolute Gasteiger partial charge is 0.471 e. The molecule has 0 N–H and O–H groups in total. The molecule has 0 saturated heterocycles. The lowest BCUT2D eigenvalue weighted by atomic mass is 10.1. The molecule has 0 amide bonds. The van der Waals surface area contributed by atoms with Crippen LogP contribution in [0, 0.1) is 0 Å². The Morgan fingerprint density at radius 1 is 1.08 bits per heavy atom. The number of ether oxygens (including phenoxy) is 1. The van der Waals surface area contributed by atoms with Crippen LogP contribution in [0.3, 0.4) is 0 Å². The van der Waals surface area contributed by atoms with Gasteiger partial charge in [0.05, 0.1) is 23.2 Å². The molecule has 3 aromatic heterocycles. The maximum Gasteiger partial charge on any atom is 0.417 e. The average molecular weight is 512 g/mol. The number of nitrogens with zero attached hydrogens (tertiary/aromatic N) is 9. The van der Waals surface area contributed by atoms with Crippen molar-refractivity contribution in [3.63, 3.8) is 0 Å². The number of amidine groups is 1. The van der Waals surface area contributed by atoms with Crippen LogP contribution in [0.1, 0.15) is 34.9 Å². The van der Waals surface area contributed by atoms with Gasteiger partial charge in [-0.1, -0.05) is 24.3 Å². The Hall–Kier alpha value is -4.42. The minimum Gasteiger partial charge on any atom is -0.471 e. The van der Waals surface area contributed by atoms with Crippen LogP contribution in [0.4, 0.5) is 13.2 Å². The Labute approximate surface area is 210 Å². The lowest BCUT2D eigenvalue weighted by Crippen LogP contribution is -2.10. The van der Waals surface area contributed by atoms with Gasteiger partial charge in [-0.05, 0) is 35.4 Å². The number of pyridine rings is 1. The highest BCUT2D eigenvalue weighted by Crippen LogP contribution is 2.29. The van der Waals surface area contributed by atoms with Crippen LogP contribution in [0.2, 0.25) is 0 Å². The molecule has 4 aromatic rings. The van der Waals surface area contributed by atoms with Crippen LogP contribution in [0.5, 0.6) is 5.88 Å². The van der Waals surface area contributed by atoms with E-state index in [9.17, 15) is 13.2 Å². The highest BCUT2D eigenvalue weighted by atomic mass is 19.4. The topological polar surface area (TPSA) is 108 Å². The summed E-state index contributed by atoms with van der Waals surface area (Å²) in [6.07, 6.45) is 0.299. The summed E-state index contributed by atoms with van der Waals surface area (Å²) in [7, 11) is 3.42. The van der Waals surface area contributed by atoms with E-state index >= 15 is 0 Å². The molecular formula is C24H24F3N9O. The first-order chi connectivity index (χ1) is 17.7. The number of hydrogen-bond donors (Lipinski definition) is 0. The summed E-state index contributed by atoms with van der Waals surface area (Å²) in [4.78, 5) is 12.8. The normalized spacial score (nSPS) is 12.7. The first kappa shape index (κ1) is 25.7. The summed E-state index contributed by atoms with van der Waals surface area (Å²) >= 11 is 0. The summed E-state index contributed by atoms with van der Waals surface area (Å²) < 4.78 is 47.2. The predicted octanol–water partition coefficient (Wildman–Crippen LogP) is 3.53. The van der Waals surface area contributed by atoms with Gasteiger partial charge in [-0.15, -0.1) is 5.10 Å². The number of alkyl halides is 3. The average Bonchev–Trinajstić information content (AvgIpc) is 3.54. The highest BCUT2D eigenvalue weighted by molar-refractivity contribution is 6.11. The molecular weight excluding hydrogens is 487 g/mol. The van der Waals surface area contributed by atoms with Gasteiger partial charge in [-0.2, -0.15) is 18.3 Å². The van der Waals surface area contributed by atoms with Crippen LogP contribution in [0.15, 0.2) is 65.1 Å². The summed E-state index contributed by atoms with van der Waals surface area (Å²) in [5, 5.41) is 15.4. The molecule has 0 atom stereocenters. The highest BCUT2D eigenvalue weighted by Gasteiger charge is 2.30. The maximum absolute atomic E-state index is 12.8. The molecule has 0 bridgehead atoms. The number of rotatable bonds is 8. The smallest absolute Gasteiger partial charge is 0.417 e. The summed E-state index contributed by atoms with van der Waals surface area (Å²) in [6, 6.07) is 10.1. The molecule has 0 fully saturated rings. The molecule has 10 nitrogen and oxygen atoms in total. The van der Waals surface area contributed by atoms with E-state index in [4.69, 9.17) is 9.73 Å². The van der Waals surface area contributed by atoms with Gasteiger partial charge < -0.3 is 4.74 Å². The Balaban J connectivity index is 1.45. The number of aryl methyl sites for hydroxylation is 3. The molecule has 0 saturated carbocycles. The molecule has 0 aliphatic rings. The fourth-order valence-corrected chi connectivity index (χ4v) is 3.52. The minimum atomic E-state index is -4.46. The minimum absolute atomic E-state index is 0.0473. The molecule has 4 rings (SSSR count). The Morgan fingerprint density at radius 3 is 2.49 bits per heavy atom. The quantitative estimate of drug-likeness (QED) is 0.265. The SMILES string of the molecule is CN=C(N=C(C)c1cnn(C)c1COc1ccc(C(F)(F)F)cn1)c1ccc(CCn2cnnn2)cc1. The number of benzene rings is 1. The van der Waals surface area contributed by atoms with E-state index in [1.807, 2.05) is 31.2 Å². The van der Waals surface area contributed by atoms with Crippen molar-refractivity contribution in [3.8, 4) is 5.88 Å². The van der Waals surface area contributed by atoms with E-state index < -0.39 is 11.7 Å². The Kier molecular flexibility index (Phi) is 7.70. The van der Waals surface area contributed by atoms with E-state index in [-0.39, 0.29) is 12.5 Å². The number of aromatic nitrogens is 7. The zero-order chi connectivity index (χ0) is 26.4. The third kappa shape index (κ3) is 6.42. The lowest BCUT2D eigenvalue weighted by molar-refractivity contribution is -0.137. The molecule has 0 radical (unpaired) electrons. The van der Waals surface area contributed by atoms with Crippen molar-refractivity contribution in [1.82, 2.24) is 35.0 Å². The second-order valence-corrected chi connectivity index (χ2v) is 8.06. The fourth-order valence-electron chi connectivity index (χ4n) is 3.52. The van der Waals surface area contributed by atoms with Gasteiger partial charge in [0.1, 0.15) is 12.9 Å². The summed E-state index contributed by atoms with van der Waals surface area (Å²) in [5.74, 6) is 0.621. The fraction of sp³-hybridized carbons (Fsp3) is 0.292. The van der Waals surface area contributed by atoms with Crippen molar-refractivity contribution in [1.29, 1.82) is 0 Å². The molecule has 37 heavy (non-hydrogen) atoms. The van der Waals surface area contributed by atoms with Crippen molar-refractivity contribution < 1.29 is 17.9 Å². The zero-order valence-electron chi connectivity index (χ0n) is 20.4. The van der Waals surface area contributed by atoms with Crippen LogP contribution < -0.4 is 4.74 Å². The monoisotopic (exact) mass is 511 g/mol. The predicted molar refractivity (Wildman–Crippen MR) is 129 cm³/mol. The Morgan fingerprint density at radius 2 is 1.86 bits per heavy atom. The molecule has 0 aliphatic heterocycles. The molecule has 0 spiro atoms. The van der Waals surface area contributed by atoms with Gasteiger partial charge in [0.2, 0.25) is 5.88 Å². The van der Waals surface area contributed by atoms with Crippen LogP contribution in [-0.4, -0.2) is 53.6 Å². The summed E-state index contributed by atoms with van der Waals surface area (Å²) in [6.45, 7) is 2.56. The van der Waals surface area contributed by atoms with Crippen molar-refractivity contribution >= 4 is 11.5 Å².